The van der Waals surface area contributed by atoms with E-state index in [0.29, 0.717) is 6.54 Å². The number of ether oxygens (including phenoxy) is 1. The molecule has 1 atom stereocenters. The van der Waals surface area contributed by atoms with Gasteiger partial charge in [-0.3, -0.25) is 4.90 Å². The fourth-order valence-corrected chi connectivity index (χ4v) is 3.00. The number of cyclic esters (lactones) is 1. The van der Waals surface area contributed by atoms with Gasteiger partial charge in [0.25, 0.3) is 0 Å². The zero-order valence-electron chi connectivity index (χ0n) is 13.8. The van der Waals surface area contributed by atoms with E-state index in [1.165, 1.54) is 44.9 Å². The van der Waals surface area contributed by atoms with Crippen molar-refractivity contribution in [2.75, 3.05) is 11.4 Å². The lowest BCUT2D eigenvalue weighted by Crippen LogP contribution is -2.24. The maximum absolute atomic E-state index is 11.9. The Morgan fingerprint density at radius 3 is 2.32 bits per heavy atom. The lowest BCUT2D eigenvalue weighted by atomic mass is 10.1. The average Bonchev–Trinajstić information content (AvgIpc) is 2.92. The summed E-state index contributed by atoms with van der Waals surface area (Å²) in [6.45, 7) is 2.95. The number of rotatable bonds is 10. The Labute approximate surface area is 134 Å². The van der Waals surface area contributed by atoms with Gasteiger partial charge in [0.15, 0.2) is 0 Å². The Bertz CT molecular complexity index is 432. The molecule has 0 aliphatic carbocycles. The molecule has 122 valence electrons. The van der Waals surface area contributed by atoms with E-state index < -0.39 is 0 Å². The third-order valence-corrected chi connectivity index (χ3v) is 4.32. The molecule has 1 saturated heterocycles. The van der Waals surface area contributed by atoms with Crippen molar-refractivity contribution in [3.63, 3.8) is 0 Å². The van der Waals surface area contributed by atoms with Crippen molar-refractivity contribution >= 4 is 11.8 Å². The lowest BCUT2D eigenvalue weighted by molar-refractivity contribution is 0.135. The lowest BCUT2D eigenvalue weighted by Gasteiger charge is -2.12. The van der Waals surface area contributed by atoms with Crippen LogP contribution in [0.2, 0.25) is 0 Å². The molecule has 0 aromatic heterocycles. The third kappa shape index (κ3) is 5.36. The van der Waals surface area contributed by atoms with E-state index in [-0.39, 0.29) is 12.2 Å². The predicted octanol–water partition coefficient (Wildman–Crippen LogP) is 5.54. The van der Waals surface area contributed by atoms with Crippen molar-refractivity contribution in [1.82, 2.24) is 0 Å². The average molecular weight is 303 g/mol. The van der Waals surface area contributed by atoms with Crippen LogP contribution in [0.1, 0.15) is 64.7 Å². The summed E-state index contributed by atoms with van der Waals surface area (Å²) in [7, 11) is 0. The number of anilines is 1. The van der Waals surface area contributed by atoms with Gasteiger partial charge in [-0.05, 0) is 25.0 Å². The minimum Gasteiger partial charge on any atom is -0.444 e. The van der Waals surface area contributed by atoms with E-state index >= 15 is 0 Å². The molecule has 0 spiro atoms. The minimum atomic E-state index is -0.198. The standard InChI is InChI=1S/C19H29NO2/c1-2-3-4-5-6-7-8-12-15-18-16-20(19(21)22-18)17-13-10-9-11-14-17/h9-11,13-14,18H,2-8,12,15-16H2,1H3. The molecule has 0 N–H and O–H groups in total. The summed E-state index contributed by atoms with van der Waals surface area (Å²) in [5, 5.41) is 0. The molecule has 1 heterocycles. The second-order valence-corrected chi connectivity index (χ2v) is 6.22. The fourth-order valence-electron chi connectivity index (χ4n) is 3.00. The molecule has 0 radical (unpaired) electrons. The molecule has 1 aromatic carbocycles. The number of amides is 1. The molecule has 22 heavy (non-hydrogen) atoms. The summed E-state index contributed by atoms with van der Waals surface area (Å²) in [5.74, 6) is 0. The molecule has 3 heteroatoms. The molecular weight excluding hydrogens is 274 g/mol. The molecule has 1 unspecified atom stereocenters. The summed E-state index contributed by atoms with van der Waals surface area (Å²) >= 11 is 0. The van der Waals surface area contributed by atoms with Crippen LogP contribution in [0, 0.1) is 0 Å². The summed E-state index contributed by atoms with van der Waals surface area (Å²) in [6.07, 6.45) is 11.4. The van der Waals surface area contributed by atoms with Crippen molar-refractivity contribution in [3.8, 4) is 0 Å². The second kappa shape index (κ2) is 9.50. The number of hydrogen-bond acceptors (Lipinski definition) is 2. The molecule has 1 amide bonds. The van der Waals surface area contributed by atoms with Gasteiger partial charge in [0, 0.05) is 5.69 Å². The highest BCUT2D eigenvalue weighted by Gasteiger charge is 2.31. The van der Waals surface area contributed by atoms with Gasteiger partial charge >= 0.3 is 6.09 Å². The van der Waals surface area contributed by atoms with Crippen molar-refractivity contribution in [2.45, 2.75) is 70.8 Å². The number of carbonyl (C=O) groups is 1. The Balaban J connectivity index is 1.59. The molecule has 2 rings (SSSR count). The van der Waals surface area contributed by atoms with E-state index in [9.17, 15) is 4.79 Å². The summed E-state index contributed by atoms with van der Waals surface area (Å²) in [4.78, 5) is 13.7. The van der Waals surface area contributed by atoms with Crippen LogP contribution in [-0.2, 0) is 4.74 Å². The Morgan fingerprint density at radius 1 is 1.00 bits per heavy atom. The van der Waals surface area contributed by atoms with Gasteiger partial charge in [0.05, 0.1) is 6.54 Å². The quantitative estimate of drug-likeness (QED) is 0.531. The summed E-state index contributed by atoms with van der Waals surface area (Å²) in [6, 6.07) is 9.78. The number of carbonyl (C=O) groups excluding carboxylic acids is 1. The van der Waals surface area contributed by atoms with Gasteiger partial charge in [-0.1, -0.05) is 70.1 Å². The number of hydrogen-bond donors (Lipinski definition) is 0. The van der Waals surface area contributed by atoms with Crippen LogP contribution >= 0.6 is 0 Å². The largest absolute Gasteiger partial charge is 0.444 e. The summed E-state index contributed by atoms with van der Waals surface area (Å²) in [5.41, 5.74) is 0.936. The van der Waals surface area contributed by atoms with Crippen LogP contribution in [0.5, 0.6) is 0 Å². The zero-order chi connectivity index (χ0) is 15.6. The first-order valence-corrected chi connectivity index (χ1v) is 8.84. The van der Waals surface area contributed by atoms with E-state index in [1.807, 2.05) is 30.3 Å². The van der Waals surface area contributed by atoms with Crippen LogP contribution in [0.3, 0.4) is 0 Å². The summed E-state index contributed by atoms with van der Waals surface area (Å²) < 4.78 is 5.48. The van der Waals surface area contributed by atoms with Crippen molar-refractivity contribution in [3.05, 3.63) is 30.3 Å². The van der Waals surface area contributed by atoms with Gasteiger partial charge in [-0.25, -0.2) is 4.79 Å². The normalized spacial score (nSPS) is 17.8. The van der Waals surface area contributed by atoms with Crippen LogP contribution in [0.15, 0.2) is 30.3 Å². The second-order valence-electron chi connectivity index (χ2n) is 6.22. The van der Waals surface area contributed by atoms with Crippen LogP contribution in [0.25, 0.3) is 0 Å². The number of benzene rings is 1. The van der Waals surface area contributed by atoms with Gasteiger partial charge in [0.1, 0.15) is 6.10 Å². The topological polar surface area (TPSA) is 29.5 Å². The molecule has 1 aliphatic heterocycles. The van der Waals surface area contributed by atoms with Crippen molar-refractivity contribution < 1.29 is 9.53 Å². The first-order valence-electron chi connectivity index (χ1n) is 8.84. The molecule has 0 saturated carbocycles. The van der Waals surface area contributed by atoms with E-state index in [2.05, 4.69) is 6.92 Å². The van der Waals surface area contributed by atoms with Crippen LogP contribution in [0.4, 0.5) is 10.5 Å². The monoisotopic (exact) mass is 303 g/mol. The van der Waals surface area contributed by atoms with Crippen molar-refractivity contribution in [2.24, 2.45) is 0 Å². The molecule has 3 nitrogen and oxygen atoms in total. The fraction of sp³-hybridized carbons (Fsp3) is 0.632. The molecule has 0 bridgehead atoms. The Morgan fingerprint density at radius 2 is 1.64 bits per heavy atom. The van der Waals surface area contributed by atoms with Gasteiger partial charge in [0.2, 0.25) is 0 Å². The van der Waals surface area contributed by atoms with E-state index in [1.54, 1.807) is 4.90 Å². The molecule has 1 aliphatic rings. The zero-order valence-corrected chi connectivity index (χ0v) is 13.8. The number of unbranched alkanes of at least 4 members (excludes halogenated alkanes) is 7. The predicted molar refractivity (Wildman–Crippen MR) is 91.3 cm³/mol. The molecule has 1 fully saturated rings. The highest BCUT2D eigenvalue weighted by Crippen LogP contribution is 2.23. The molecule has 1 aromatic rings. The minimum absolute atomic E-state index is 0.0628. The Hall–Kier alpha value is -1.51. The maximum Gasteiger partial charge on any atom is 0.414 e. The highest BCUT2D eigenvalue weighted by atomic mass is 16.6. The SMILES string of the molecule is CCCCCCCCCCC1CN(c2ccccc2)C(=O)O1. The Kier molecular flexibility index (Phi) is 7.27. The van der Waals surface area contributed by atoms with Crippen LogP contribution in [-0.4, -0.2) is 18.7 Å². The number of para-hydroxylation sites is 1. The van der Waals surface area contributed by atoms with Gasteiger partial charge in [-0.2, -0.15) is 0 Å². The van der Waals surface area contributed by atoms with Crippen molar-refractivity contribution in [1.29, 1.82) is 0 Å². The van der Waals surface area contributed by atoms with E-state index in [4.69, 9.17) is 4.74 Å². The third-order valence-electron chi connectivity index (χ3n) is 4.32. The first kappa shape index (κ1) is 16.9. The van der Waals surface area contributed by atoms with Gasteiger partial charge < -0.3 is 4.74 Å². The van der Waals surface area contributed by atoms with Crippen LogP contribution < -0.4 is 4.90 Å². The molecular formula is C19H29NO2. The number of nitrogens with zero attached hydrogens (tertiary/aromatic N) is 1. The van der Waals surface area contributed by atoms with E-state index in [0.717, 1.165) is 18.5 Å². The highest BCUT2D eigenvalue weighted by molar-refractivity contribution is 5.89. The maximum atomic E-state index is 11.9. The smallest absolute Gasteiger partial charge is 0.414 e. The van der Waals surface area contributed by atoms with Gasteiger partial charge in [-0.15, -0.1) is 0 Å². The first-order chi connectivity index (χ1) is 10.8.